The van der Waals surface area contributed by atoms with Crippen LogP contribution in [0.1, 0.15) is 13.8 Å². The van der Waals surface area contributed by atoms with Crippen LogP contribution in [0.3, 0.4) is 0 Å². The monoisotopic (exact) mass is 273 g/mol. The second-order valence-electron chi connectivity index (χ2n) is 4.12. The van der Waals surface area contributed by atoms with Crippen molar-refractivity contribution in [3.05, 3.63) is 36.7 Å². The van der Waals surface area contributed by atoms with Gasteiger partial charge in [0.2, 0.25) is 0 Å². The maximum Gasteiger partial charge on any atom is 0.163 e. The maximum absolute atomic E-state index is 5.86. The van der Waals surface area contributed by atoms with E-state index in [0.29, 0.717) is 24.7 Å². The van der Waals surface area contributed by atoms with Crippen molar-refractivity contribution in [2.45, 2.75) is 13.8 Å². The number of rotatable bonds is 6. The van der Waals surface area contributed by atoms with Gasteiger partial charge in [-0.1, -0.05) is 0 Å². The predicted octanol–water partition coefficient (Wildman–Crippen LogP) is 3.20. The number of aromatic nitrogens is 1. The number of anilines is 3. The average molecular weight is 273 g/mol. The zero-order valence-corrected chi connectivity index (χ0v) is 11.7. The topological polar surface area (TPSA) is 69.4 Å². The Morgan fingerprint density at radius 3 is 2.55 bits per heavy atom. The minimum Gasteiger partial charge on any atom is -0.490 e. The highest BCUT2D eigenvalue weighted by Gasteiger charge is 2.07. The molecule has 106 valence electrons. The van der Waals surface area contributed by atoms with E-state index in [1.54, 1.807) is 12.4 Å². The Bertz CT molecular complexity index is 573. The van der Waals surface area contributed by atoms with E-state index in [2.05, 4.69) is 10.3 Å². The lowest BCUT2D eigenvalue weighted by atomic mass is 10.2. The van der Waals surface area contributed by atoms with E-state index < -0.39 is 0 Å². The molecule has 2 aromatic rings. The number of benzene rings is 1. The second-order valence-corrected chi connectivity index (χ2v) is 4.12. The van der Waals surface area contributed by atoms with Crippen molar-refractivity contribution in [2.75, 3.05) is 24.3 Å². The summed E-state index contributed by atoms with van der Waals surface area (Å²) in [5.74, 6) is 1.45. The summed E-state index contributed by atoms with van der Waals surface area (Å²) in [6.07, 6.45) is 3.30. The molecule has 0 atom stereocenters. The molecule has 0 radical (unpaired) electrons. The zero-order valence-electron chi connectivity index (χ0n) is 11.7. The summed E-state index contributed by atoms with van der Waals surface area (Å²) < 4.78 is 11.1. The first-order chi connectivity index (χ1) is 9.74. The van der Waals surface area contributed by atoms with Crippen molar-refractivity contribution in [3.63, 3.8) is 0 Å². The van der Waals surface area contributed by atoms with Crippen LogP contribution in [-0.4, -0.2) is 18.2 Å². The Labute approximate surface area is 118 Å². The van der Waals surface area contributed by atoms with Crippen LogP contribution in [0.5, 0.6) is 11.5 Å². The lowest BCUT2D eigenvalue weighted by molar-refractivity contribution is 0.288. The third-order valence-corrected chi connectivity index (χ3v) is 2.67. The number of nitrogen functional groups attached to an aromatic ring is 1. The molecule has 0 aliphatic rings. The number of ether oxygens (including phenoxy) is 2. The molecule has 0 bridgehead atoms. The lowest BCUT2D eigenvalue weighted by Gasteiger charge is -2.14. The van der Waals surface area contributed by atoms with Crippen molar-refractivity contribution < 1.29 is 9.47 Å². The van der Waals surface area contributed by atoms with Crippen molar-refractivity contribution in [2.24, 2.45) is 0 Å². The molecule has 5 heteroatoms. The summed E-state index contributed by atoms with van der Waals surface area (Å²) in [4.78, 5) is 3.96. The molecule has 3 N–H and O–H groups in total. The summed E-state index contributed by atoms with van der Waals surface area (Å²) in [6.45, 7) is 5.07. The quantitative estimate of drug-likeness (QED) is 0.845. The SMILES string of the molecule is CCOc1ccc(Nc2ccncc2N)cc1OCC. The van der Waals surface area contributed by atoms with E-state index in [9.17, 15) is 0 Å². The van der Waals surface area contributed by atoms with Gasteiger partial charge in [-0.25, -0.2) is 0 Å². The van der Waals surface area contributed by atoms with Gasteiger partial charge in [-0.3, -0.25) is 4.98 Å². The van der Waals surface area contributed by atoms with Gasteiger partial charge in [-0.05, 0) is 32.0 Å². The van der Waals surface area contributed by atoms with Gasteiger partial charge in [0.1, 0.15) is 0 Å². The number of pyridine rings is 1. The van der Waals surface area contributed by atoms with Crippen LogP contribution in [-0.2, 0) is 0 Å². The summed E-state index contributed by atoms with van der Waals surface area (Å²) in [6, 6.07) is 7.53. The Morgan fingerprint density at radius 1 is 1.10 bits per heavy atom. The molecular weight excluding hydrogens is 254 g/mol. The predicted molar refractivity (Wildman–Crippen MR) is 80.7 cm³/mol. The number of hydrogen-bond acceptors (Lipinski definition) is 5. The van der Waals surface area contributed by atoms with Gasteiger partial charge in [-0.15, -0.1) is 0 Å². The second kappa shape index (κ2) is 6.65. The van der Waals surface area contributed by atoms with E-state index in [1.165, 1.54) is 0 Å². The fraction of sp³-hybridized carbons (Fsp3) is 0.267. The van der Waals surface area contributed by atoms with Crippen LogP contribution in [0, 0.1) is 0 Å². The van der Waals surface area contributed by atoms with Gasteiger partial charge < -0.3 is 20.5 Å². The molecule has 5 nitrogen and oxygen atoms in total. The highest BCUT2D eigenvalue weighted by Crippen LogP contribution is 2.32. The standard InChI is InChI=1S/C15H19N3O2/c1-3-19-14-6-5-11(9-15(14)20-4-2)18-13-7-8-17-10-12(13)16/h5-10H,3-4,16H2,1-2H3,(H,17,18). The third kappa shape index (κ3) is 3.32. The molecule has 2 rings (SSSR count). The van der Waals surface area contributed by atoms with Crippen molar-refractivity contribution in [1.82, 2.24) is 4.98 Å². The Hall–Kier alpha value is -2.43. The van der Waals surface area contributed by atoms with E-state index >= 15 is 0 Å². The van der Waals surface area contributed by atoms with Gasteiger partial charge in [0.15, 0.2) is 11.5 Å². The molecule has 0 aliphatic heterocycles. The Balaban J connectivity index is 2.24. The molecule has 0 fully saturated rings. The molecule has 20 heavy (non-hydrogen) atoms. The number of nitrogens with one attached hydrogen (secondary N) is 1. The van der Waals surface area contributed by atoms with Crippen LogP contribution in [0.25, 0.3) is 0 Å². The summed E-state index contributed by atoms with van der Waals surface area (Å²) in [5.41, 5.74) is 8.15. The number of nitrogens with two attached hydrogens (primary N) is 1. The van der Waals surface area contributed by atoms with Crippen LogP contribution in [0.15, 0.2) is 36.7 Å². The normalized spacial score (nSPS) is 10.1. The fourth-order valence-corrected chi connectivity index (χ4v) is 1.80. The Kier molecular flexibility index (Phi) is 4.65. The van der Waals surface area contributed by atoms with Crippen LogP contribution in [0.4, 0.5) is 17.1 Å². The highest BCUT2D eigenvalue weighted by atomic mass is 16.5. The van der Waals surface area contributed by atoms with Crippen molar-refractivity contribution >= 4 is 17.1 Å². The lowest BCUT2D eigenvalue weighted by Crippen LogP contribution is -2.00. The van der Waals surface area contributed by atoms with Gasteiger partial charge in [0.05, 0.1) is 30.8 Å². The van der Waals surface area contributed by atoms with Crippen LogP contribution >= 0.6 is 0 Å². The number of nitrogens with zero attached hydrogens (tertiary/aromatic N) is 1. The molecule has 1 heterocycles. The summed E-state index contributed by atoms with van der Waals surface area (Å²) in [7, 11) is 0. The third-order valence-electron chi connectivity index (χ3n) is 2.67. The number of hydrogen-bond donors (Lipinski definition) is 2. The molecule has 0 saturated carbocycles. The molecule has 0 saturated heterocycles. The van der Waals surface area contributed by atoms with Gasteiger partial charge >= 0.3 is 0 Å². The molecule has 0 spiro atoms. The summed E-state index contributed by atoms with van der Waals surface area (Å²) >= 11 is 0. The Morgan fingerprint density at radius 2 is 1.85 bits per heavy atom. The molecule has 1 aromatic carbocycles. The zero-order chi connectivity index (χ0) is 14.4. The van der Waals surface area contributed by atoms with Crippen molar-refractivity contribution in [3.8, 4) is 11.5 Å². The van der Waals surface area contributed by atoms with E-state index in [1.807, 2.05) is 38.1 Å². The van der Waals surface area contributed by atoms with Crippen molar-refractivity contribution in [1.29, 1.82) is 0 Å². The summed E-state index contributed by atoms with van der Waals surface area (Å²) in [5, 5.41) is 3.24. The van der Waals surface area contributed by atoms with Gasteiger partial charge in [0.25, 0.3) is 0 Å². The minimum absolute atomic E-state index is 0.584. The molecule has 0 unspecified atom stereocenters. The molecule has 0 aliphatic carbocycles. The van der Waals surface area contributed by atoms with E-state index in [-0.39, 0.29) is 0 Å². The minimum atomic E-state index is 0.584. The van der Waals surface area contributed by atoms with Crippen LogP contribution in [0.2, 0.25) is 0 Å². The highest BCUT2D eigenvalue weighted by molar-refractivity contribution is 5.72. The first-order valence-corrected chi connectivity index (χ1v) is 6.60. The van der Waals surface area contributed by atoms with E-state index in [0.717, 1.165) is 17.1 Å². The van der Waals surface area contributed by atoms with E-state index in [4.69, 9.17) is 15.2 Å². The van der Waals surface area contributed by atoms with Gasteiger partial charge in [0, 0.05) is 18.0 Å². The smallest absolute Gasteiger partial charge is 0.163 e. The fourth-order valence-electron chi connectivity index (χ4n) is 1.80. The first-order valence-electron chi connectivity index (χ1n) is 6.60. The van der Waals surface area contributed by atoms with Crippen LogP contribution < -0.4 is 20.5 Å². The molecule has 1 aromatic heterocycles. The first kappa shape index (κ1) is 14.0. The van der Waals surface area contributed by atoms with Gasteiger partial charge in [-0.2, -0.15) is 0 Å². The maximum atomic E-state index is 5.86. The largest absolute Gasteiger partial charge is 0.490 e. The molecule has 0 amide bonds. The molecular formula is C15H19N3O2. The average Bonchev–Trinajstić information content (AvgIpc) is 2.45.